The molecule has 31 heavy (non-hydrogen) atoms. The first-order valence-electron chi connectivity index (χ1n) is 11.4. The number of hydrogen-bond donors (Lipinski definition) is 2. The van der Waals surface area contributed by atoms with Crippen LogP contribution in [-0.4, -0.2) is 96.2 Å². The quantitative estimate of drug-likeness (QED) is 0.312. The molecule has 2 unspecified atom stereocenters. The fraction of sp³-hybridized carbons (Fsp3) is 0.652. The van der Waals surface area contributed by atoms with E-state index < -0.39 is 6.10 Å². The van der Waals surface area contributed by atoms with Gasteiger partial charge in [-0.1, -0.05) is 30.3 Å². The van der Waals surface area contributed by atoms with Crippen LogP contribution in [0.2, 0.25) is 0 Å². The molecule has 2 aliphatic rings. The summed E-state index contributed by atoms with van der Waals surface area (Å²) in [5.41, 5.74) is 1.12. The van der Waals surface area contributed by atoms with Gasteiger partial charge in [-0.05, 0) is 32.3 Å². The van der Waals surface area contributed by atoms with E-state index in [0.29, 0.717) is 13.0 Å². The highest BCUT2D eigenvalue weighted by molar-refractivity contribution is 14.0. The number of carbonyl (C=O) groups excluding carboxylic acids is 1. The van der Waals surface area contributed by atoms with E-state index in [1.54, 1.807) is 0 Å². The molecule has 2 heterocycles. The van der Waals surface area contributed by atoms with Crippen molar-refractivity contribution in [3.63, 3.8) is 0 Å². The normalized spacial score (nSPS) is 19.6. The molecule has 174 valence electrons. The molecule has 1 amide bonds. The number of halogens is 1. The summed E-state index contributed by atoms with van der Waals surface area (Å²) in [6.45, 7) is 10.4. The van der Waals surface area contributed by atoms with Gasteiger partial charge in [0.25, 0.3) is 0 Å². The second-order valence-corrected chi connectivity index (χ2v) is 8.27. The zero-order chi connectivity index (χ0) is 21.3. The van der Waals surface area contributed by atoms with Gasteiger partial charge in [-0.25, -0.2) is 0 Å². The van der Waals surface area contributed by atoms with Crippen molar-refractivity contribution in [3.05, 3.63) is 35.9 Å². The fourth-order valence-corrected chi connectivity index (χ4v) is 4.25. The van der Waals surface area contributed by atoms with E-state index in [9.17, 15) is 9.90 Å². The average molecular weight is 543 g/mol. The van der Waals surface area contributed by atoms with Crippen molar-refractivity contribution in [2.24, 2.45) is 4.99 Å². The number of amides is 1. The van der Waals surface area contributed by atoms with Crippen molar-refractivity contribution in [3.8, 4) is 0 Å². The van der Waals surface area contributed by atoms with Crippen LogP contribution in [0.4, 0.5) is 0 Å². The van der Waals surface area contributed by atoms with Crippen LogP contribution in [0.15, 0.2) is 35.3 Å². The molecule has 2 aliphatic heterocycles. The Balaban J connectivity index is 0.00000341. The molecule has 2 N–H and O–H groups in total. The van der Waals surface area contributed by atoms with Crippen LogP contribution in [0.5, 0.6) is 0 Å². The number of aliphatic hydroxyl groups is 1. The Kier molecular flexibility index (Phi) is 11.0. The Morgan fingerprint density at radius 2 is 1.71 bits per heavy atom. The number of hydrogen-bond acceptors (Lipinski definition) is 4. The van der Waals surface area contributed by atoms with E-state index in [0.717, 1.165) is 70.2 Å². The predicted octanol–water partition coefficient (Wildman–Crippen LogP) is 1.80. The molecule has 3 rings (SSSR count). The number of rotatable bonds is 7. The Labute approximate surface area is 203 Å². The van der Waals surface area contributed by atoms with E-state index in [2.05, 4.69) is 27.0 Å². The van der Waals surface area contributed by atoms with Crippen LogP contribution < -0.4 is 5.32 Å². The molecule has 1 aromatic carbocycles. The summed E-state index contributed by atoms with van der Waals surface area (Å²) >= 11 is 0. The van der Waals surface area contributed by atoms with Crippen LogP contribution in [0, 0.1) is 0 Å². The molecular formula is C23H38IN5O2. The average Bonchev–Trinajstić information content (AvgIpc) is 3.31. The molecule has 1 aromatic rings. The molecule has 0 saturated carbocycles. The predicted molar refractivity (Wildman–Crippen MR) is 136 cm³/mol. The Bertz CT molecular complexity index is 688. The molecule has 2 fully saturated rings. The number of carbonyl (C=O) groups is 1. The molecule has 7 nitrogen and oxygen atoms in total. The maximum Gasteiger partial charge on any atom is 0.239 e. The van der Waals surface area contributed by atoms with Gasteiger partial charge in [0, 0.05) is 52.2 Å². The summed E-state index contributed by atoms with van der Waals surface area (Å²) < 4.78 is 0. The first-order chi connectivity index (χ1) is 14.6. The van der Waals surface area contributed by atoms with Crippen LogP contribution in [0.1, 0.15) is 32.3 Å². The Morgan fingerprint density at radius 1 is 1.06 bits per heavy atom. The second kappa shape index (κ2) is 13.2. The highest BCUT2D eigenvalue weighted by Crippen LogP contribution is 2.14. The zero-order valence-electron chi connectivity index (χ0n) is 18.9. The fourth-order valence-electron chi connectivity index (χ4n) is 4.25. The number of likely N-dealkylation sites (tertiary alicyclic amines) is 1. The minimum Gasteiger partial charge on any atom is -0.391 e. The molecule has 0 spiro atoms. The van der Waals surface area contributed by atoms with Gasteiger partial charge in [0.05, 0.1) is 18.7 Å². The van der Waals surface area contributed by atoms with Gasteiger partial charge in [0.2, 0.25) is 5.91 Å². The molecular weight excluding hydrogens is 505 g/mol. The molecule has 0 aromatic heterocycles. The molecule has 0 aliphatic carbocycles. The lowest BCUT2D eigenvalue weighted by atomic mass is 10.1. The number of nitrogens with zero attached hydrogens (tertiary/aromatic N) is 4. The Morgan fingerprint density at radius 3 is 2.32 bits per heavy atom. The van der Waals surface area contributed by atoms with E-state index in [1.807, 2.05) is 42.2 Å². The summed E-state index contributed by atoms with van der Waals surface area (Å²) in [6, 6.07) is 9.97. The highest BCUT2D eigenvalue weighted by atomic mass is 127. The van der Waals surface area contributed by atoms with Crippen molar-refractivity contribution in [2.45, 2.75) is 45.3 Å². The zero-order valence-corrected chi connectivity index (χ0v) is 21.2. The first-order valence-corrected chi connectivity index (χ1v) is 11.4. The third-order valence-corrected chi connectivity index (χ3v) is 6.04. The van der Waals surface area contributed by atoms with Gasteiger partial charge in [0.15, 0.2) is 5.96 Å². The molecule has 2 saturated heterocycles. The number of aliphatic hydroxyl groups excluding tert-OH is 1. The van der Waals surface area contributed by atoms with Crippen LogP contribution in [0.3, 0.4) is 0 Å². The highest BCUT2D eigenvalue weighted by Gasteiger charge is 2.30. The lowest BCUT2D eigenvalue weighted by Gasteiger charge is -2.39. The van der Waals surface area contributed by atoms with Crippen molar-refractivity contribution in [1.29, 1.82) is 0 Å². The van der Waals surface area contributed by atoms with Crippen molar-refractivity contribution >= 4 is 35.8 Å². The minimum absolute atomic E-state index is 0. The van der Waals surface area contributed by atoms with E-state index in [4.69, 9.17) is 0 Å². The van der Waals surface area contributed by atoms with E-state index in [-0.39, 0.29) is 35.9 Å². The third-order valence-electron chi connectivity index (χ3n) is 6.04. The maximum absolute atomic E-state index is 12.7. The Hall–Kier alpha value is -1.39. The van der Waals surface area contributed by atoms with Crippen molar-refractivity contribution in [2.75, 3.05) is 52.4 Å². The van der Waals surface area contributed by atoms with Gasteiger partial charge >= 0.3 is 0 Å². The van der Waals surface area contributed by atoms with Crippen molar-refractivity contribution < 1.29 is 9.90 Å². The summed E-state index contributed by atoms with van der Waals surface area (Å²) in [6.07, 6.45) is 2.36. The number of aliphatic imine (C=N–C) groups is 1. The molecule has 0 radical (unpaired) electrons. The largest absolute Gasteiger partial charge is 0.391 e. The third kappa shape index (κ3) is 7.61. The maximum atomic E-state index is 12.7. The number of guanidine groups is 1. The smallest absolute Gasteiger partial charge is 0.239 e. The van der Waals surface area contributed by atoms with Gasteiger partial charge in [0.1, 0.15) is 0 Å². The standard InChI is InChI=1S/C23H37N5O2.HI/c1-3-24-23(25-18-21(29)17-20-9-5-4-6-10-20)28-15-13-26(14-16-28)19(2)22(30)27-11-7-8-12-27;/h4-6,9-10,19,21,29H,3,7-8,11-18H2,1-2H3,(H,24,25);1H. The van der Waals surface area contributed by atoms with Crippen molar-refractivity contribution in [1.82, 2.24) is 20.0 Å². The van der Waals surface area contributed by atoms with Crippen LogP contribution >= 0.6 is 24.0 Å². The number of benzene rings is 1. The van der Waals surface area contributed by atoms with Gasteiger partial charge in [-0.2, -0.15) is 0 Å². The molecule has 0 bridgehead atoms. The van der Waals surface area contributed by atoms with Crippen LogP contribution in [-0.2, 0) is 11.2 Å². The van der Waals surface area contributed by atoms with Gasteiger partial charge in [-0.3, -0.25) is 14.7 Å². The summed E-state index contributed by atoms with van der Waals surface area (Å²) in [7, 11) is 0. The number of piperazine rings is 1. The van der Waals surface area contributed by atoms with Gasteiger partial charge < -0.3 is 20.2 Å². The summed E-state index contributed by atoms with van der Waals surface area (Å²) in [5.74, 6) is 1.12. The summed E-state index contributed by atoms with van der Waals surface area (Å²) in [4.78, 5) is 23.9. The van der Waals surface area contributed by atoms with E-state index in [1.165, 1.54) is 0 Å². The first kappa shape index (κ1) is 25.9. The minimum atomic E-state index is -0.500. The summed E-state index contributed by atoms with van der Waals surface area (Å²) in [5, 5.41) is 13.7. The molecule has 2 atom stereocenters. The monoisotopic (exact) mass is 543 g/mol. The van der Waals surface area contributed by atoms with E-state index >= 15 is 0 Å². The second-order valence-electron chi connectivity index (χ2n) is 8.27. The number of nitrogens with one attached hydrogen (secondary N) is 1. The van der Waals surface area contributed by atoms with Gasteiger partial charge in [-0.15, -0.1) is 24.0 Å². The lowest BCUT2D eigenvalue weighted by molar-refractivity contribution is -0.135. The lowest BCUT2D eigenvalue weighted by Crippen LogP contribution is -2.57. The van der Waals surface area contributed by atoms with Crippen LogP contribution in [0.25, 0.3) is 0 Å². The SMILES string of the molecule is CCNC(=NCC(O)Cc1ccccc1)N1CCN(C(C)C(=O)N2CCCC2)CC1.I. The topological polar surface area (TPSA) is 71.4 Å². The molecule has 8 heteroatoms.